The third-order valence-electron chi connectivity index (χ3n) is 9.75. The summed E-state index contributed by atoms with van der Waals surface area (Å²) in [5.41, 5.74) is 5.71. The van der Waals surface area contributed by atoms with Crippen molar-refractivity contribution >= 4 is 46.0 Å². The van der Waals surface area contributed by atoms with Gasteiger partial charge >= 0.3 is 0 Å². The number of allylic oxidation sites excluding steroid dienone is 4. The van der Waals surface area contributed by atoms with Crippen LogP contribution in [0.5, 0.6) is 0 Å². The van der Waals surface area contributed by atoms with Crippen molar-refractivity contribution in [2.75, 3.05) is 23.7 Å². The summed E-state index contributed by atoms with van der Waals surface area (Å²) in [5.74, 6) is 0.227. The number of anilines is 2. The van der Waals surface area contributed by atoms with Crippen LogP contribution < -0.4 is 10.6 Å². The molecule has 0 saturated carbocycles. The number of hydrogen-bond donors (Lipinski definition) is 3. The molecule has 10 nitrogen and oxygen atoms in total. The van der Waals surface area contributed by atoms with Crippen molar-refractivity contribution in [2.45, 2.75) is 77.3 Å². The van der Waals surface area contributed by atoms with Crippen LogP contribution >= 0.6 is 0 Å². The lowest BCUT2D eigenvalue weighted by atomic mass is 10.1. The summed E-state index contributed by atoms with van der Waals surface area (Å²) in [4.78, 5) is 64.4. The minimum Gasteiger partial charge on any atom is -0.338 e. The summed E-state index contributed by atoms with van der Waals surface area (Å²) < 4.78 is 0. The Morgan fingerprint density at radius 2 is 1.45 bits per heavy atom. The number of aromatic nitrogens is 2. The number of benzene rings is 3. The van der Waals surface area contributed by atoms with Crippen molar-refractivity contribution in [1.82, 2.24) is 19.8 Å². The van der Waals surface area contributed by atoms with Gasteiger partial charge in [0.15, 0.2) is 0 Å². The average molecular weight is 687 g/mol. The average Bonchev–Trinajstić information content (AvgIpc) is 3.93. The van der Waals surface area contributed by atoms with Gasteiger partial charge in [-0.3, -0.25) is 19.2 Å². The van der Waals surface area contributed by atoms with E-state index in [-0.39, 0.29) is 23.6 Å². The highest BCUT2D eigenvalue weighted by atomic mass is 16.2. The Bertz CT molecular complexity index is 1950. The summed E-state index contributed by atoms with van der Waals surface area (Å²) in [7, 11) is 0. The molecule has 0 radical (unpaired) electrons. The van der Waals surface area contributed by atoms with E-state index >= 15 is 0 Å². The van der Waals surface area contributed by atoms with E-state index in [0.717, 1.165) is 40.6 Å². The molecule has 0 spiro atoms. The van der Waals surface area contributed by atoms with Gasteiger partial charge in [0.2, 0.25) is 23.6 Å². The highest BCUT2D eigenvalue weighted by Gasteiger charge is 2.35. The molecule has 3 aromatic carbocycles. The molecule has 2 saturated heterocycles. The molecule has 6 rings (SSSR count). The van der Waals surface area contributed by atoms with Gasteiger partial charge in [-0.25, -0.2) is 4.98 Å². The summed E-state index contributed by atoms with van der Waals surface area (Å²) >= 11 is 0. The van der Waals surface area contributed by atoms with Crippen LogP contribution in [0.3, 0.4) is 0 Å². The number of rotatable bonds is 12. The van der Waals surface area contributed by atoms with E-state index in [1.807, 2.05) is 105 Å². The van der Waals surface area contributed by atoms with Gasteiger partial charge in [0, 0.05) is 42.9 Å². The number of hydrogen-bond acceptors (Lipinski definition) is 5. The zero-order valence-electron chi connectivity index (χ0n) is 29.4. The Morgan fingerprint density at radius 3 is 2.12 bits per heavy atom. The van der Waals surface area contributed by atoms with Crippen molar-refractivity contribution in [3.8, 4) is 11.4 Å². The van der Waals surface area contributed by atoms with Crippen LogP contribution in [0.25, 0.3) is 22.4 Å². The first-order chi connectivity index (χ1) is 24.8. The molecule has 0 aliphatic carbocycles. The number of H-pyrrole nitrogens is 1. The molecule has 264 valence electrons. The largest absolute Gasteiger partial charge is 0.338 e. The molecule has 4 amide bonds. The Labute approximate surface area is 299 Å². The minimum absolute atomic E-state index is 0.00326. The van der Waals surface area contributed by atoms with E-state index in [1.165, 1.54) is 0 Å². The second kappa shape index (κ2) is 16.5. The highest BCUT2D eigenvalue weighted by molar-refractivity contribution is 5.99. The van der Waals surface area contributed by atoms with E-state index < -0.39 is 12.1 Å². The van der Waals surface area contributed by atoms with Crippen LogP contribution in [-0.2, 0) is 25.6 Å². The van der Waals surface area contributed by atoms with Crippen LogP contribution in [0.15, 0.2) is 96.6 Å². The normalized spacial score (nSPS) is 17.7. The van der Waals surface area contributed by atoms with E-state index in [2.05, 4.69) is 15.6 Å². The molecule has 0 unspecified atom stereocenters. The molecule has 51 heavy (non-hydrogen) atoms. The number of amides is 4. The van der Waals surface area contributed by atoms with Gasteiger partial charge in [0.1, 0.15) is 17.9 Å². The number of likely N-dealkylation sites (tertiary alicyclic amines) is 2. The first kappa shape index (κ1) is 35.3. The van der Waals surface area contributed by atoms with Crippen molar-refractivity contribution in [3.63, 3.8) is 0 Å². The molecule has 1 aromatic heterocycles. The van der Waals surface area contributed by atoms with Gasteiger partial charge in [-0.15, -0.1) is 0 Å². The van der Waals surface area contributed by atoms with Crippen LogP contribution in [0.4, 0.5) is 11.4 Å². The number of imidazole rings is 1. The fourth-order valence-electron chi connectivity index (χ4n) is 7.07. The monoisotopic (exact) mass is 686 g/mol. The van der Waals surface area contributed by atoms with Crippen LogP contribution in [-0.4, -0.2) is 68.6 Å². The smallest absolute Gasteiger partial charge is 0.247 e. The standard InChI is InChI=1S/C41H46N6O4/c1-3-11-28(4-2)18-22-37(48)46-24-10-17-36(46)41(51)43-32-20-21-33-34(27-32)45-39(44-33)30-14-8-15-31(26-30)42-40(50)35-16-9-25-47(35)38(49)23-19-29-12-6-5-7-13-29/h3-8,11-15,20-21,26-27,35-36H,9-10,16-19,22-25H2,1-2H3,(H,42,50)(H,43,51)(H,44,45)/b11-3-,28-4?/t35-,36-/m0/s1. The van der Waals surface area contributed by atoms with Crippen molar-refractivity contribution in [2.24, 2.45) is 0 Å². The molecule has 2 aliphatic rings. The zero-order chi connectivity index (χ0) is 35.7. The van der Waals surface area contributed by atoms with Crippen LogP contribution in [0.1, 0.15) is 64.4 Å². The maximum atomic E-state index is 13.4. The Hall–Kier alpha value is -5.51. The van der Waals surface area contributed by atoms with Crippen molar-refractivity contribution < 1.29 is 19.2 Å². The maximum absolute atomic E-state index is 13.4. The van der Waals surface area contributed by atoms with Gasteiger partial charge < -0.3 is 25.4 Å². The number of aromatic amines is 1. The summed E-state index contributed by atoms with van der Waals surface area (Å²) in [6, 6.07) is 21.9. The van der Waals surface area contributed by atoms with Gasteiger partial charge in [0.05, 0.1) is 11.0 Å². The number of carbonyl (C=O) groups excluding carboxylic acids is 4. The van der Waals surface area contributed by atoms with E-state index in [0.29, 0.717) is 68.8 Å². The lowest BCUT2D eigenvalue weighted by Crippen LogP contribution is -2.43. The third kappa shape index (κ3) is 8.63. The summed E-state index contributed by atoms with van der Waals surface area (Å²) in [6.45, 7) is 5.09. The van der Waals surface area contributed by atoms with Gasteiger partial charge in [-0.1, -0.05) is 66.3 Å². The number of nitrogens with one attached hydrogen (secondary N) is 3. The fraction of sp³-hybridized carbons (Fsp3) is 0.341. The number of aryl methyl sites for hydroxylation is 1. The first-order valence-corrected chi connectivity index (χ1v) is 18.0. The maximum Gasteiger partial charge on any atom is 0.247 e. The number of carbonyl (C=O) groups is 4. The first-order valence-electron chi connectivity index (χ1n) is 18.0. The molecule has 0 bridgehead atoms. The molecule has 4 aromatic rings. The predicted octanol–water partition coefficient (Wildman–Crippen LogP) is 7.02. The van der Waals surface area contributed by atoms with E-state index in [1.54, 1.807) is 9.80 Å². The Balaban J connectivity index is 1.07. The molecule has 3 N–H and O–H groups in total. The molecular weight excluding hydrogens is 640 g/mol. The Morgan fingerprint density at radius 1 is 0.784 bits per heavy atom. The van der Waals surface area contributed by atoms with Crippen LogP contribution in [0.2, 0.25) is 0 Å². The van der Waals surface area contributed by atoms with Crippen molar-refractivity contribution in [1.29, 1.82) is 0 Å². The van der Waals surface area contributed by atoms with Crippen LogP contribution in [0, 0.1) is 0 Å². The Kier molecular flexibility index (Phi) is 11.4. The number of nitrogens with zero attached hydrogens (tertiary/aromatic N) is 3. The molecule has 3 heterocycles. The second-order valence-corrected chi connectivity index (χ2v) is 13.2. The lowest BCUT2D eigenvalue weighted by Gasteiger charge is -2.24. The minimum atomic E-state index is -0.500. The van der Waals surface area contributed by atoms with Gasteiger partial charge in [-0.2, -0.15) is 0 Å². The predicted molar refractivity (Wildman–Crippen MR) is 201 cm³/mol. The van der Waals surface area contributed by atoms with Crippen molar-refractivity contribution in [3.05, 3.63) is 102 Å². The SMILES string of the molecule is CC=C(/C=C\C)CCC(=O)N1CCC[C@H]1C(=O)Nc1ccc2nc(-c3cccc(NC(=O)[C@@H]4CCCN4C(=O)CCc4ccccc4)c3)[nH]c2c1. The fourth-order valence-corrected chi connectivity index (χ4v) is 7.07. The second-order valence-electron chi connectivity index (χ2n) is 13.2. The molecule has 2 atom stereocenters. The number of fused-ring (bicyclic) bond motifs is 1. The molecule has 2 aliphatic heterocycles. The summed E-state index contributed by atoms with van der Waals surface area (Å²) in [5, 5.41) is 6.03. The quantitative estimate of drug-likeness (QED) is 0.138. The van der Waals surface area contributed by atoms with E-state index in [9.17, 15) is 19.2 Å². The molecular formula is C41H46N6O4. The lowest BCUT2D eigenvalue weighted by molar-refractivity contribution is -0.136. The third-order valence-corrected chi connectivity index (χ3v) is 9.75. The van der Waals surface area contributed by atoms with Gasteiger partial charge in [-0.05, 0) is 88.3 Å². The zero-order valence-corrected chi connectivity index (χ0v) is 29.4. The molecule has 10 heteroatoms. The molecule has 2 fully saturated rings. The van der Waals surface area contributed by atoms with Gasteiger partial charge in [0.25, 0.3) is 0 Å². The highest BCUT2D eigenvalue weighted by Crippen LogP contribution is 2.27. The summed E-state index contributed by atoms with van der Waals surface area (Å²) in [6.07, 6.45) is 10.9. The topological polar surface area (TPSA) is 128 Å². The van der Waals surface area contributed by atoms with E-state index in [4.69, 9.17) is 4.98 Å².